The highest BCUT2D eigenvalue weighted by Crippen LogP contribution is 2.42. The van der Waals surface area contributed by atoms with Gasteiger partial charge in [0.15, 0.2) is 18.9 Å². The van der Waals surface area contributed by atoms with Crippen LogP contribution < -0.4 is 47.9 Å². The van der Waals surface area contributed by atoms with Crippen molar-refractivity contribution in [2.24, 2.45) is 5.92 Å². The second kappa shape index (κ2) is 71.9. The fraction of sp³-hybridized carbons (Fsp3) is 0.887. The highest BCUT2D eigenvalue weighted by Gasteiger charge is 2.48. The molecule has 3 saturated heterocycles. The summed E-state index contributed by atoms with van der Waals surface area (Å²) in [6.07, 6.45) is -3.93. The standard InChI is InChI=1S/C80H148N9O38P/c1-54(94)85-67-73(104)70(101)60(47-91)125-78(67)121-43-40-115-31-28-112-34-37-118-51-64(98)82-25-18-14-21-58(76(107)84-27-16-11-9-7-5-6-8-10-12-23-63(97)81-24-17-13-20-57(46-90)50-124-128(109,110)111-4)89-77(108)59(88-66(100)53-120-39-36-114-30-33-117-42-45-123-80-69(87-56(3)96)75(106)72(103)62(49-93)127-80)22-15-19-26-83-65(99)52-119-38-35-113-29-32-116-41-44-122-79-68(86-55(2)95)74(105)71(102)61(48-92)126-79/h57-62,67-75,78-80,90-93,101-106H,5-53H2,1-4H3,(H,81,97)(H,82,98)(H,83,99)(H,84,107)(H,85,94)(H,86,95)(H,87,96)(H,88,100)(H,89,108)(H,109,110)/t57?,58-,59-,60?,61?,62?,67?,68?,69?,70?,71?,72?,73?,74?,75?,78?,79?,80?/m0/s1. The molecule has 0 aromatic heterocycles. The molecule has 48 heteroatoms. The molecule has 17 unspecified atom stereocenters. The first-order valence-electron chi connectivity index (χ1n) is 44.1. The molecule has 3 rings (SSSR count). The fourth-order valence-electron chi connectivity index (χ4n) is 13.2. The van der Waals surface area contributed by atoms with Crippen molar-refractivity contribution >= 4 is 61.0 Å². The largest absolute Gasteiger partial charge is 0.471 e. The summed E-state index contributed by atoms with van der Waals surface area (Å²) in [5.41, 5.74) is 0. The first-order valence-corrected chi connectivity index (χ1v) is 45.6. The number of carbonyl (C=O) groups is 9. The fourth-order valence-corrected chi connectivity index (χ4v) is 13.7. The van der Waals surface area contributed by atoms with E-state index in [-0.39, 0.29) is 183 Å². The molecule has 0 aromatic rings. The average Bonchev–Trinajstić information content (AvgIpc) is 0.817. The molecule has 746 valence electrons. The lowest BCUT2D eigenvalue weighted by Crippen LogP contribution is -2.64. The first-order chi connectivity index (χ1) is 61.6. The maximum atomic E-state index is 14.4. The number of phosphoric ester groups is 1. The number of unbranched alkanes of at least 4 members (excludes halogenated alkanes) is 11. The molecular weight excluding hydrogens is 1730 g/mol. The number of ether oxygens (including phenoxy) is 15. The van der Waals surface area contributed by atoms with Crippen LogP contribution in [0.4, 0.5) is 0 Å². The molecule has 47 nitrogen and oxygen atoms in total. The number of amides is 9. The Morgan fingerprint density at radius 1 is 0.352 bits per heavy atom. The Morgan fingerprint density at radius 3 is 1.01 bits per heavy atom. The van der Waals surface area contributed by atoms with E-state index in [1.165, 1.54) is 20.8 Å². The molecule has 0 spiro atoms. The summed E-state index contributed by atoms with van der Waals surface area (Å²) >= 11 is 0. The van der Waals surface area contributed by atoms with Crippen molar-refractivity contribution in [3.05, 3.63) is 0 Å². The summed E-state index contributed by atoms with van der Waals surface area (Å²) in [6.45, 7) is 2.90. The van der Waals surface area contributed by atoms with Crippen molar-refractivity contribution in [2.75, 3.05) is 205 Å². The monoisotopic (exact) mass is 1870 g/mol. The first kappa shape index (κ1) is 117. The number of aliphatic hydroxyl groups is 10. The highest BCUT2D eigenvalue weighted by molar-refractivity contribution is 7.47. The van der Waals surface area contributed by atoms with Gasteiger partial charge in [0.05, 0.1) is 145 Å². The van der Waals surface area contributed by atoms with Crippen LogP contribution in [0.3, 0.4) is 0 Å². The Labute approximate surface area is 747 Å². The quantitative estimate of drug-likeness (QED) is 0.0199. The van der Waals surface area contributed by atoms with E-state index in [9.17, 15) is 104 Å². The summed E-state index contributed by atoms with van der Waals surface area (Å²) < 4.78 is 104. The minimum absolute atomic E-state index is 0.0241. The Kier molecular flexibility index (Phi) is 65.4. The van der Waals surface area contributed by atoms with Gasteiger partial charge in [0.2, 0.25) is 53.2 Å². The molecule has 0 saturated carbocycles. The van der Waals surface area contributed by atoms with E-state index in [1.54, 1.807) is 0 Å². The maximum absolute atomic E-state index is 14.4. The van der Waals surface area contributed by atoms with E-state index in [4.69, 9.17) is 75.6 Å². The average molecular weight is 1880 g/mol. The summed E-state index contributed by atoms with van der Waals surface area (Å²) in [5.74, 6) is -4.52. The lowest BCUT2D eigenvalue weighted by molar-refractivity contribution is -0.272. The topological polar surface area (TPSA) is 658 Å². The number of hydrogen-bond donors (Lipinski definition) is 20. The second-order valence-corrected chi connectivity index (χ2v) is 32.2. The molecule has 9 amide bonds. The predicted octanol–water partition coefficient (Wildman–Crippen LogP) is -5.77. The molecule has 0 aromatic carbocycles. The Balaban J connectivity index is 1.53. The van der Waals surface area contributed by atoms with Crippen molar-refractivity contribution in [1.29, 1.82) is 0 Å². The highest BCUT2D eigenvalue weighted by atomic mass is 31.2. The van der Waals surface area contributed by atoms with E-state index in [0.29, 0.717) is 70.9 Å². The minimum Gasteiger partial charge on any atom is -0.396 e. The van der Waals surface area contributed by atoms with Gasteiger partial charge in [-0.1, -0.05) is 51.4 Å². The molecular formula is C80H148N9O38P. The number of hydrogen-bond acceptors (Lipinski definition) is 37. The summed E-state index contributed by atoms with van der Waals surface area (Å²) in [6, 6.07) is -5.58. The zero-order chi connectivity index (χ0) is 94.1. The normalized spacial score (nSPS) is 23.5. The van der Waals surface area contributed by atoms with E-state index in [0.717, 1.165) is 58.5 Å². The van der Waals surface area contributed by atoms with Gasteiger partial charge in [0.1, 0.15) is 105 Å². The molecule has 3 heterocycles. The van der Waals surface area contributed by atoms with E-state index in [1.807, 2.05) is 0 Å². The summed E-state index contributed by atoms with van der Waals surface area (Å²) in [7, 11) is -3.08. The molecule has 128 heavy (non-hydrogen) atoms. The van der Waals surface area contributed by atoms with Gasteiger partial charge in [0.25, 0.3) is 0 Å². The number of carbonyl (C=O) groups excluding carboxylic acids is 9. The molecule has 19 atom stereocenters. The molecule has 3 aliphatic rings. The maximum Gasteiger partial charge on any atom is 0.471 e. The van der Waals surface area contributed by atoms with Crippen molar-refractivity contribution < 1.29 is 184 Å². The second-order valence-electron chi connectivity index (χ2n) is 30.7. The van der Waals surface area contributed by atoms with Crippen LogP contribution in [0.1, 0.15) is 143 Å². The third kappa shape index (κ3) is 52.7. The van der Waals surface area contributed by atoms with Crippen LogP contribution in [0.15, 0.2) is 0 Å². The smallest absolute Gasteiger partial charge is 0.396 e. The number of phosphoric acid groups is 1. The Hall–Kier alpha value is -5.66. The van der Waals surface area contributed by atoms with Crippen molar-refractivity contribution in [2.45, 2.75) is 247 Å². The molecule has 0 radical (unpaired) electrons. The summed E-state index contributed by atoms with van der Waals surface area (Å²) in [4.78, 5) is 125. The molecule has 0 aliphatic carbocycles. The third-order valence-corrected chi connectivity index (χ3v) is 21.1. The van der Waals surface area contributed by atoms with Crippen LogP contribution in [-0.2, 0) is 128 Å². The van der Waals surface area contributed by atoms with Gasteiger partial charge in [-0.05, 0) is 64.2 Å². The van der Waals surface area contributed by atoms with Crippen LogP contribution in [0.5, 0.6) is 0 Å². The Bertz CT molecular complexity index is 3050. The lowest BCUT2D eigenvalue weighted by atomic mass is 9.97. The zero-order valence-corrected chi connectivity index (χ0v) is 75.3. The van der Waals surface area contributed by atoms with Crippen LogP contribution in [-0.4, -0.2) is 418 Å². The van der Waals surface area contributed by atoms with Crippen molar-refractivity contribution in [1.82, 2.24) is 47.9 Å². The van der Waals surface area contributed by atoms with Crippen molar-refractivity contribution in [3.63, 3.8) is 0 Å². The van der Waals surface area contributed by atoms with Crippen molar-refractivity contribution in [3.8, 4) is 0 Å². The third-order valence-electron chi connectivity index (χ3n) is 20.2. The van der Waals surface area contributed by atoms with E-state index in [2.05, 4.69) is 52.4 Å². The van der Waals surface area contributed by atoms with Gasteiger partial charge >= 0.3 is 7.82 Å². The molecule has 3 fully saturated rings. The van der Waals surface area contributed by atoms with Crippen LogP contribution >= 0.6 is 7.82 Å². The summed E-state index contributed by atoms with van der Waals surface area (Å²) in [5, 5.41) is 125. The Morgan fingerprint density at radius 2 is 0.656 bits per heavy atom. The van der Waals surface area contributed by atoms with Gasteiger partial charge in [-0.15, -0.1) is 0 Å². The van der Waals surface area contributed by atoms with E-state index < -0.39 is 186 Å². The minimum atomic E-state index is -4.14. The number of nitrogens with one attached hydrogen (secondary N) is 9. The van der Waals surface area contributed by atoms with Gasteiger partial charge < -0.3 is 175 Å². The van der Waals surface area contributed by atoms with Crippen LogP contribution in [0, 0.1) is 5.92 Å². The SMILES string of the molecule is COP(=O)(O)OCC(CO)CCCCNC(=O)CCCCCCCCCCCNC(=O)[C@H](CCCCNC(=O)COCCOCCOCCOC1OC(CO)C(O)C(O)C1NC(C)=O)NC(=O)[C@H](CCCCNC(=O)COCCOCCOCCOC1OC(CO)C(O)C(O)C1NC(C)=O)NC(=O)COCCOCCOCCOC1OC(CO)C(O)C(O)C1NC(C)=O. The predicted molar refractivity (Wildman–Crippen MR) is 448 cm³/mol. The zero-order valence-electron chi connectivity index (χ0n) is 74.4. The van der Waals surface area contributed by atoms with Crippen LogP contribution in [0.2, 0.25) is 0 Å². The lowest BCUT2D eigenvalue weighted by Gasteiger charge is -2.42. The molecule has 20 N–H and O–H groups in total. The number of aliphatic hydroxyl groups excluding tert-OH is 10. The van der Waals surface area contributed by atoms with Gasteiger partial charge in [-0.2, -0.15) is 0 Å². The van der Waals surface area contributed by atoms with Gasteiger partial charge in [-0.25, -0.2) is 4.57 Å². The molecule has 3 aliphatic heterocycles. The van der Waals surface area contributed by atoms with Gasteiger partial charge in [-0.3, -0.25) is 52.2 Å². The molecule has 0 bridgehead atoms. The van der Waals surface area contributed by atoms with Crippen LogP contribution in [0.25, 0.3) is 0 Å². The van der Waals surface area contributed by atoms with Gasteiger partial charge in [0, 0.05) is 73.0 Å². The van der Waals surface area contributed by atoms with E-state index >= 15 is 0 Å². The number of rotatable bonds is 78.